The fourth-order valence-corrected chi connectivity index (χ4v) is 6.26. The van der Waals surface area contributed by atoms with Crippen LogP contribution in [0.15, 0.2) is 0 Å². The summed E-state index contributed by atoms with van der Waals surface area (Å²) in [6.07, 6.45) is 35.3. The molecule has 1 atom stereocenters. The highest BCUT2D eigenvalue weighted by molar-refractivity contribution is 7.46. The van der Waals surface area contributed by atoms with Crippen molar-refractivity contribution in [3.05, 3.63) is 0 Å². The van der Waals surface area contributed by atoms with E-state index in [-0.39, 0.29) is 19.4 Å². The maximum atomic E-state index is 12.4. The SMILES string of the molecule is CCCCCCCCCCCCCCCCCCC(=O)OC(COC(=O)CCCCCCCCCCCCCCC)COP(=O)(O)O. The monoisotopic (exact) mass is 691 g/mol. The Morgan fingerprint density at radius 2 is 0.766 bits per heavy atom. The van der Waals surface area contributed by atoms with Crippen molar-refractivity contribution in [2.45, 2.75) is 219 Å². The first-order valence-corrected chi connectivity index (χ1v) is 21.4. The van der Waals surface area contributed by atoms with Crippen molar-refractivity contribution in [3.63, 3.8) is 0 Å². The standard InChI is InChI=1S/C38H75O8P/c1-3-5-7-9-11-13-15-17-18-19-21-23-25-27-29-31-33-38(40)46-36(35-45-47(41,42)43)34-44-37(39)32-30-28-26-24-22-20-16-14-12-10-8-6-4-2/h36H,3-35H2,1-2H3,(H2,41,42,43). The zero-order valence-electron chi connectivity index (χ0n) is 30.7. The number of carbonyl (C=O) groups is 2. The van der Waals surface area contributed by atoms with Crippen LogP contribution < -0.4 is 0 Å². The third-order valence-corrected chi connectivity index (χ3v) is 9.36. The molecule has 0 radical (unpaired) electrons. The third-order valence-electron chi connectivity index (χ3n) is 8.88. The zero-order valence-corrected chi connectivity index (χ0v) is 31.6. The van der Waals surface area contributed by atoms with Crippen molar-refractivity contribution in [2.75, 3.05) is 13.2 Å². The van der Waals surface area contributed by atoms with E-state index < -0.39 is 32.5 Å². The summed E-state index contributed by atoms with van der Waals surface area (Å²) in [6.45, 7) is 3.70. The molecule has 0 heterocycles. The van der Waals surface area contributed by atoms with Gasteiger partial charge in [0.2, 0.25) is 0 Å². The lowest BCUT2D eigenvalue weighted by molar-refractivity contribution is -0.161. The number of phosphoric acid groups is 1. The van der Waals surface area contributed by atoms with Crippen LogP contribution in [0.4, 0.5) is 0 Å². The molecule has 47 heavy (non-hydrogen) atoms. The van der Waals surface area contributed by atoms with Crippen LogP contribution in [-0.4, -0.2) is 41.0 Å². The highest BCUT2D eigenvalue weighted by Gasteiger charge is 2.22. The predicted octanol–water partition coefficient (Wildman–Crippen LogP) is 11.7. The van der Waals surface area contributed by atoms with Gasteiger partial charge < -0.3 is 19.3 Å². The molecule has 0 saturated heterocycles. The van der Waals surface area contributed by atoms with Crippen LogP contribution in [-0.2, 0) is 28.2 Å². The molecule has 0 aromatic rings. The van der Waals surface area contributed by atoms with E-state index in [0.717, 1.165) is 32.1 Å². The van der Waals surface area contributed by atoms with Crippen LogP contribution >= 0.6 is 7.82 Å². The average molecular weight is 691 g/mol. The molecule has 0 aliphatic rings. The normalized spacial score (nSPS) is 12.3. The molecule has 0 bridgehead atoms. The molecule has 0 aromatic heterocycles. The Morgan fingerprint density at radius 1 is 0.468 bits per heavy atom. The van der Waals surface area contributed by atoms with Gasteiger partial charge in [0.1, 0.15) is 6.61 Å². The molecule has 2 N–H and O–H groups in total. The Balaban J connectivity index is 3.89. The number of esters is 2. The van der Waals surface area contributed by atoms with E-state index in [2.05, 4.69) is 18.4 Å². The van der Waals surface area contributed by atoms with Crippen LogP contribution in [0.3, 0.4) is 0 Å². The lowest BCUT2D eigenvalue weighted by atomic mass is 10.0. The summed E-state index contributed by atoms with van der Waals surface area (Å²) >= 11 is 0. The number of ether oxygens (including phenoxy) is 2. The average Bonchev–Trinajstić information content (AvgIpc) is 3.03. The minimum absolute atomic E-state index is 0.220. The first kappa shape index (κ1) is 46.0. The van der Waals surface area contributed by atoms with E-state index in [1.807, 2.05) is 0 Å². The van der Waals surface area contributed by atoms with Gasteiger partial charge in [-0.3, -0.25) is 14.1 Å². The quantitative estimate of drug-likeness (QED) is 0.0375. The molecule has 0 aliphatic carbocycles. The van der Waals surface area contributed by atoms with Gasteiger partial charge in [-0.2, -0.15) is 0 Å². The summed E-state index contributed by atoms with van der Waals surface area (Å²) in [4.78, 5) is 42.7. The first-order valence-electron chi connectivity index (χ1n) is 19.8. The molecule has 0 amide bonds. The van der Waals surface area contributed by atoms with Gasteiger partial charge in [0.15, 0.2) is 6.10 Å². The summed E-state index contributed by atoms with van der Waals surface area (Å²) in [5.74, 6) is -0.870. The highest BCUT2D eigenvalue weighted by Crippen LogP contribution is 2.36. The number of hydrogen-bond acceptors (Lipinski definition) is 6. The van der Waals surface area contributed by atoms with Crippen LogP contribution in [0.1, 0.15) is 213 Å². The van der Waals surface area contributed by atoms with E-state index in [9.17, 15) is 14.2 Å². The maximum Gasteiger partial charge on any atom is 0.469 e. The molecule has 9 heteroatoms. The highest BCUT2D eigenvalue weighted by atomic mass is 31.2. The van der Waals surface area contributed by atoms with Gasteiger partial charge in [0.05, 0.1) is 6.61 Å². The minimum Gasteiger partial charge on any atom is -0.462 e. The summed E-state index contributed by atoms with van der Waals surface area (Å²) in [5.41, 5.74) is 0. The van der Waals surface area contributed by atoms with Crippen LogP contribution in [0.2, 0.25) is 0 Å². The topological polar surface area (TPSA) is 119 Å². The lowest BCUT2D eigenvalue weighted by Crippen LogP contribution is -2.29. The Hall–Kier alpha value is -0.950. The van der Waals surface area contributed by atoms with Gasteiger partial charge >= 0.3 is 19.8 Å². The van der Waals surface area contributed by atoms with Crippen LogP contribution in [0.5, 0.6) is 0 Å². The smallest absolute Gasteiger partial charge is 0.462 e. The first-order chi connectivity index (χ1) is 22.8. The predicted molar refractivity (Wildman–Crippen MR) is 193 cm³/mol. The van der Waals surface area contributed by atoms with Crippen molar-refractivity contribution < 1.29 is 37.9 Å². The molecule has 0 fully saturated rings. The van der Waals surface area contributed by atoms with Crippen molar-refractivity contribution in [2.24, 2.45) is 0 Å². The summed E-state index contributed by atoms with van der Waals surface area (Å²) in [6, 6.07) is 0. The Labute approximate surface area is 289 Å². The van der Waals surface area contributed by atoms with Gasteiger partial charge in [0, 0.05) is 12.8 Å². The fourth-order valence-electron chi connectivity index (χ4n) is 5.90. The van der Waals surface area contributed by atoms with Crippen molar-refractivity contribution in [3.8, 4) is 0 Å². The molecule has 0 aromatic carbocycles. The molecule has 1 unspecified atom stereocenters. The largest absolute Gasteiger partial charge is 0.469 e. The number of phosphoric ester groups is 1. The number of carbonyl (C=O) groups excluding carboxylic acids is 2. The van der Waals surface area contributed by atoms with E-state index in [4.69, 9.17) is 19.3 Å². The van der Waals surface area contributed by atoms with Gasteiger partial charge in [-0.15, -0.1) is 0 Å². The van der Waals surface area contributed by atoms with Crippen molar-refractivity contribution >= 4 is 19.8 Å². The van der Waals surface area contributed by atoms with Crippen molar-refractivity contribution in [1.82, 2.24) is 0 Å². The van der Waals surface area contributed by atoms with Crippen LogP contribution in [0.25, 0.3) is 0 Å². The second-order valence-electron chi connectivity index (χ2n) is 13.6. The molecular weight excluding hydrogens is 615 g/mol. The van der Waals surface area contributed by atoms with E-state index in [0.29, 0.717) is 6.42 Å². The summed E-state index contributed by atoms with van der Waals surface area (Å²) < 4.78 is 26.3. The number of unbranched alkanes of at least 4 members (excludes halogenated alkanes) is 27. The maximum absolute atomic E-state index is 12.4. The molecular formula is C38H75O8P. The van der Waals surface area contributed by atoms with Gasteiger partial charge in [0.25, 0.3) is 0 Å². The Kier molecular flexibility index (Phi) is 34.2. The summed E-state index contributed by atoms with van der Waals surface area (Å²) in [5, 5.41) is 0. The van der Waals surface area contributed by atoms with E-state index >= 15 is 0 Å². The Bertz CT molecular complexity index is 741. The van der Waals surface area contributed by atoms with E-state index in [1.54, 1.807) is 0 Å². The van der Waals surface area contributed by atoms with Gasteiger partial charge in [-0.05, 0) is 12.8 Å². The fraction of sp³-hybridized carbons (Fsp3) is 0.947. The number of rotatable bonds is 37. The van der Waals surface area contributed by atoms with Gasteiger partial charge in [-0.1, -0.05) is 187 Å². The zero-order chi connectivity index (χ0) is 34.7. The van der Waals surface area contributed by atoms with Crippen molar-refractivity contribution in [1.29, 1.82) is 0 Å². The second-order valence-corrected chi connectivity index (χ2v) is 14.9. The molecule has 0 rings (SSSR count). The molecule has 0 saturated carbocycles. The molecule has 280 valence electrons. The molecule has 0 spiro atoms. The molecule has 0 aliphatic heterocycles. The van der Waals surface area contributed by atoms with Gasteiger partial charge in [-0.25, -0.2) is 4.57 Å². The third kappa shape index (κ3) is 37.7. The molecule has 8 nitrogen and oxygen atoms in total. The van der Waals surface area contributed by atoms with Crippen LogP contribution in [0, 0.1) is 0 Å². The minimum atomic E-state index is -4.74. The Morgan fingerprint density at radius 3 is 1.09 bits per heavy atom. The lowest BCUT2D eigenvalue weighted by Gasteiger charge is -2.18. The second kappa shape index (κ2) is 34.9. The number of hydrogen-bond donors (Lipinski definition) is 2. The summed E-state index contributed by atoms with van der Waals surface area (Å²) in [7, 11) is -4.74. The van der Waals surface area contributed by atoms with E-state index in [1.165, 1.54) is 148 Å².